The lowest BCUT2D eigenvalue weighted by atomic mass is 9.94. The first-order chi connectivity index (χ1) is 13.9. The van der Waals surface area contributed by atoms with Crippen LogP contribution >= 0.6 is 23.5 Å². The quantitative estimate of drug-likeness (QED) is 0.371. The maximum absolute atomic E-state index is 2.30. The molecule has 0 nitrogen and oxygen atoms in total. The van der Waals surface area contributed by atoms with Crippen LogP contribution in [0.2, 0.25) is 0 Å². The van der Waals surface area contributed by atoms with E-state index in [1.54, 1.807) is 0 Å². The van der Waals surface area contributed by atoms with E-state index in [1.807, 2.05) is 0 Å². The zero-order valence-electron chi connectivity index (χ0n) is 16.4. The van der Waals surface area contributed by atoms with E-state index in [4.69, 9.17) is 0 Å². The Bertz CT molecular complexity index is 791. The highest BCUT2D eigenvalue weighted by Crippen LogP contribution is 2.33. The lowest BCUT2D eigenvalue weighted by Gasteiger charge is -2.12. The molecule has 3 heterocycles. The van der Waals surface area contributed by atoms with Crippen molar-refractivity contribution in [2.24, 2.45) is 0 Å². The Kier molecular flexibility index (Phi) is 7.18. The first-order valence-electron chi connectivity index (χ1n) is 10.3. The van der Waals surface area contributed by atoms with Gasteiger partial charge >= 0.3 is 0 Å². The smallest absolute Gasteiger partial charge is 0.0184 e. The first kappa shape index (κ1) is 19.7. The van der Waals surface area contributed by atoms with Crippen molar-refractivity contribution in [2.75, 3.05) is 11.5 Å². The SMILES string of the molecule is c1ccc2c(c1)-c1ccc(cc1)CSCCCCCCSCc1ccc-2cc1. The summed E-state index contributed by atoms with van der Waals surface area (Å²) in [5.41, 5.74) is 8.11. The number of hydrogen-bond donors (Lipinski definition) is 0. The lowest BCUT2D eigenvalue weighted by Crippen LogP contribution is -1.90. The molecule has 0 aromatic heterocycles. The van der Waals surface area contributed by atoms with Gasteiger partial charge in [-0.25, -0.2) is 0 Å². The van der Waals surface area contributed by atoms with E-state index in [2.05, 4.69) is 96.3 Å². The normalized spacial score (nSPS) is 15.9. The Hall–Kier alpha value is -1.64. The number of fused-ring (bicyclic) bond motifs is 2. The molecular formula is C26H28S2. The summed E-state index contributed by atoms with van der Waals surface area (Å²) in [4.78, 5) is 0. The van der Waals surface area contributed by atoms with Crippen molar-refractivity contribution in [1.29, 1.82) is 0 Å². The summed E-state index contributed by atoms with van der Waals surface area (Å²) in [5.74, 6) is 4.81. The van der Waals surface area contributed by atoms with Crippen LogP contribution in [-0.2, 0) is 11.5 Å². The maximum Gasteiger partial charge on any atom is 0.0184 e. The van der Waals surface area contributed by atoms with Gasteiger partial charge in [-0.15, -0.1) is 0 Å². The topological polar surface area (TPSA) is 0 Å². The molecule has 0 atom stereocenters. The van der Waals surface area contributed by atoms with E-state index in [1.165, 1.54) is 70.6 Å². The molecule has 3 aromatic rings. The van der Waals surface area contributed by atoms with Crippen LogP contribution < -0.4 is 0 Å². The fraction of sp³-hybridized carbons (Fsp3) is 0.308. The molecule has 0 fully saturated rings. The average molecular weight is 405 g/mol. The Morgan fingerprint density at radius 1 is 0.464 bits per heavy atom. The Labute approximate surface area is 178 Å². The number of rotatable bonds is 0. The number of benzene rings is 3. The fourth-order valence-electron chi connectivity index (χ4n) is 3.69. The lowest BCUT2D eigenvalue weighted by molar-refractivity contribution is 0.711. The van der Waals surface area contributed by atoms with Gasteiger partial charge in [-0.3, -0.25) is 0 Å². The fourth-order valence-corrected chi connectivity index (χ4v) is 5.65. The van der Waals surface area contributed by atoms with Crippen LogP contribution in [0.25, 0.3) is 22.3 Å². The third kappa shape index (κ3) is 5.24. The highest BCUT2D eigenvalue weighted by molar-refractivity contribution is 7.98. The summed E-state index contributed by atoms with van der Waals surface area (Å²) in [6, 6.07) is 27.2. The van der Waals surface area contributed by atoms with Gasteiger partial charge in [0.15, 0.2) is 0 Å². The van der Waals surface area contributed by atoms with Crippen LogP contribution in [0.15, 0.2) is 72.8 Å². The molecule has 4 bridgehead atoms. The molecule has 0 spiro atoms. The summed E-state index contributed by atoms with van der Waals surface area (Å²) in [7, 11) is 0. The zero-order valence-corrected chi connectivity index (χ0v) is 18.0. The second kappa shape index (κ2) is 10.2. The van der Waals surface area contributed by atoms with Gasteiger partial charge in [-0.05, 0) is 57.7 Å². The Morgan fingerprint density at radius 3 is 1.32 bits per heavy atom. The van der Waals surface area contributed by atoms with Crippen molar-refractivity contribution < 1.29 is 0 Å². The molecule has 0 saturated heterocycles. The minimum atomic E-state index is 1.12. The van der Waals surface area contributed by atoms with Gasteiger partial charge in [-0.2, -0.15) is 23.5 Å². The first-order valence-corrected chi connectivity index (χ1v) is 12.6. The van der Waals surface area contributed by atoms with Gasteiger partial charge in [0, 0.05) is 11.5 Å². The van der Waals surface area contributed by atoms with E-state index in [0.717, 1.165) is 11.5 Å². The van der Waals surface area contributed by atoms with Crippen LogP contribution in [0.5, 0.6) is 0 Å². The van der Waals surface area contributed by atoms with Crippen molar-refractivity contribution in [3.8, 4) is 22.3 Å². The maximum atomic E-state index is 2.30. The molecule has 0 unspecified atom stereocenters. The van der Waals surface area contributed by atoms with Gasteiger partial charge in [0.05, 0.1) is 0 Å². The second-order valence-electron chi connectivity index (χ2n) is 7.46. The van der Waals surface area contributed by atoms with Crippen molar-refractivity contribution in [3.63, 3.8) is 0 Å². The molecule has 0 aliphatic carbocycles. The van der Waals surface area contributed by atoms with Crippen molar-refractivity contribution >= 4 is 23.5 Å². The number of hydrogen-bond acceptors (Lipinski definition) is 2. The molecule has 144 valence electrons. The number of thioether (sulfide) groups is 2. The second-order valence-corrected chi connectivity index (χ2v) is 9.67. The van der Waals surface area contributed by atoms with Crippen molar-refractivity contribution in [1.82, 2.24) is 0 Å². The monoisotopic (exact) mass is 404 g/mol. The molecule has 0 N–H and O–H groups in total. The minimum Gasteiger partial charge on any atom is -0.157 e. The Morgan fingerprint density at radius 2 is 0.893 bits per heavy atom. The van der Waals surface area contributed by atoms with E-state index in [9.17, 15) is 0 Å². The summed E-state index contributed by atoms with van der Waals surface area (Å²) in [5, 5.41) is 0. The zero-order chi connectivity index (χ0) is 19.0. The Balaban J connectivity index is 1.63. The molecule has 0 radical (unpaired) electrons. The van der Waals surface area contributed by atoms with Crippen LogP contribution in [0.1, 0.15) is 36.8 Å². The highest BCUT2D eigenvalue weighted by atomic mass is 32.2. The van der Waals surface area contributed by atoms with Crippen LogP contribution in [-0.4, -0.2) is 11.5 Å². The van der Waals surface area contributed by atoms with E-state index in [-0.39, 0.29) is 0 Å². The molecular weight excluding hydrogens is 376 g/mol. The van der Waals surface area contributed by atoms with E-state index >= 15 is 0 Å². The summed E-state index contributed by atoms with van der Waals surface area (Å²) in [6.07, 6.45) is 5.44. The van der Waals surface area contributed by atoms with Crippen LogP contribution in [0, 0.1) is 0 Å². The van der Waals surface area contributed by atoms with Gasteiger partial charge in [0.2, 0.25) is 0 Å². The largest absolute Gasteiger partial charge is 0.157 e. The molecule has 28 heavy (non-hydrogen) atoms. The summed E-state index contributed by atoms with van der Waals surface area (Å²) >= 11 is 4.15. The van der Waals surface area contributed by atoms with Gasteiger partial charge in [0.25, 0.3) is 0 Å². The summed E-state index contributed by atoms with van der Waals surface area (Å²) in [6.45, 7) is 0. The molecule has 3 aliphatic heterocycles. The molecule has 6 rings (SSSR count). The van der Waals surface area contributed by atoms with Crippen molar-refractivity contribution in [3.05, 3.63) is 83.9 Å². The predicted molar refractivity (Wildman–Crippen MR) is 128 cm³/mol. The van der Waals surface area contributed by atoms with E-state index in [0.29, 0.717) is 0 Å². The molecule has 0 amide bonds. The van der Waals surface area contributed by atoms with Gasteiger partial charge in [-0.1, -0.05) is 85.6 Å². The minimum absolute atomic E-state index is 1.12. The van der Waals surface area contributed by atoms with Gasteiger partial charge < -0.3 is 0 Å². The average Bonchev–Trinajstić information content (AvgIpc) is 2.75. The third-order valence-corrected chi connectivity index (χ3v) is 7.55. The predicted octanol–water partition coefficient (Wildman–Crippen LogP) is 8.06. The highest BCUT2D eigenvalue weighted by Gasteiger charge is 2.08. The van der Waals surface area contributed by atoms with Gasteiger partial charge in [0.1, 0.15) is 0 Å². The molecule has 2 heteroatoms. The van der Waals surface area contributed by atoms with E-state index < -0.39 is 0 Å². The summed E-state index contributed by atoms with van der Waals surface area (Å²) < 4.78 is 0. The van der Waals surface area contributed by atoms with Crippen LogP contribution in [0.3, 0.4) is 0 Å². The molecule has 3 aromatic carbocycles. The molecule has 0 saturated carbocycles. The molecule has 3 aliphatic rings. The standard InChI is InChI=1S/C26H28S2/c1-2-6-18-28-20-22-11-15-24(16-12-22)26-8-4-3-7-25(26)23-13-9-21(10-14-23)19-27-17-5-1/h3-4,7-16H,1-2,5-6,17-20H2. The van der Waals surface area contributed by atoms with Crippen molar-refractivity contribution in [2.45, 2.75) is 37.2 Å². The van der Waals surface area contributed by atoms with Crippen LogP contribution in [0.4, 0.5) is 0 Å². The third-order valence-electron chi connectivity index (χ3n) is 5.32.